The summed E-state index contributed by atoms with van der Waals surface area (Å²) in [5.74, 6) is 0. The molecule has 0 saturated heterocycles. The minimum atomic E-state index is 0.956. The van der Waals surface area contributed by atoms with E-state index in [4.69, 9.17) is 0 Å². The van der Waals surface area contributed by atoms with Crippen molar-refractivity contribution in [2.75, 3.05) is 0 Å². The zero-order chi connectivity index (χ0) is 17.8. The van der Waals surface area contributed by atoms with Gasteiger partial charge in [0.2, 0.25) is 0 Å². The Bertz CT molecular complexity index is 1180. The Morgan fingerprint density at radius 1 is 0.519 bits per heavy atom. The molecule has 2 aliphatic rings. The van der Waals surface area contributed by atoms with E-state index < -0.39 is 0 Å². The Hall–Kier alpha value is -3.32. The molecule has 0 bridgehead atoms. The lowest BCUT2D eigenvalue weighted by molar-refractivity contribution is 0.884. The molecule has 4 aromatic carbocycles. The number of nitrogens with one attached hydrogen (secondary N) is 1. The smallest absolute Gasteiger partial charge is 0.0199 e. The van der Waals surface area contributed by atoms with Crippen LogP contribution in [0, 0.1) is 0 Å². The molecule has 2 aliphatic carbocycles. The SMILES string of the molecule is C1=C(NC2=Cc3cccc4cccc(c34)C2)Cc2cccc3cccc1c23. The van der Waals surface area contributed by atoms with Gasteiger partial charge in [0.25, 0.3) is 0 Å². The van der Waals surface area contributed by atoms with Crippen molar-refractivity contribution in [3.63, 3.8) is 0 Å². The minimum absolute atomic E-state index is 0.956. The van der Waals surface area contributed by atoms with Gasteiger partial charge in [-0.05, 0) is 56.0 Å². The van der Waals surface area contributed by atoms with Crippen molar-refractivity contribution in [1.82, 2.24) is 5.32 Å². The van der Waals surface area contributed by atoms with E-state index in [-0.39, 0.29) is 0 Å². The second kappa shape index (κ2) is 5.59. The average Bonchev–Trinajstić information content (AvgIpc) is 2.69. The molecule has 128 valence electrons. The summed E-state index contributed by atoms with van der Waals surface area (Å²) in [6, 6.07) is 26.4. The third-order valence-corrected chi connectivity index (χ3v) is 5.79. The van der Waals surface area contributed by atoms with E-state index in [0.717, 1.165) is 12.8 Å². The van der Waals surface area contributed by atoms with Gasteiger partial charge in [0.1, 0.15) is 0 Å². The Morgan fingerprint density at radius 3 is 1.44 bits per heavy atom. The highest BCUT2D eigenvalue weighted by Crippen LogP contribution is 2.33. The van der Waals surface area contributed by atoms with Gasteiger partial charge in [-0.3, -0.25) is 0 Å². The predicted molar refractivity (Wildman–Crippen MR) is 114 cm³/mol. The van der Waals surface area contributed by atoms with Crippen molar-refractivity contribution in [2.24, 2.45) is 0 Å². The summed E-state index contributed by atoms with van der Waals surface area (Å²) in [7, 11) is 0. The summed E-state index contributed by atoms with van der Waals surface area (Å²) >= 11 is 0. The zero-order valence-corrected chi connectivity index (χ0v) is 15.0. The van der Waals surface area contributed by atoms with Gasteiger partial charge in [-0.15, -0.1) is 0 Å². The number of benzene rings is 4. The lowest BCUT2D eigenvalue weighted by atomic mass is 9.89. The Morgan fingerprint density at radius 2 is 0.963 bits per heavy atom. The van der Waals surface area contributed by atoms with E-state index in [2.05, 4.69) is 90.3 Å². The molecule has 4 aromatic rings. The lowest BCUT2D eigenvalue weighted by Gasteiger charge is -2.23. The first kappa shape index (κ1) is 14.8. The van der Waals surface area contributed by atoms with E-state index in [1.54, 1.807) is 0 Å². The van der Waals surface area contributed by atoms with Gasteiger partial charge < -0.3 is 5.32 Å². The van der Waals surface area contributed by atoms with E-state index >= 15 is 0 Å². The molecule has 27 heavy (non-hydrogen) atoms. The van der Waals surface area contributed by atoms with Crippen LogP contribution >= 0.6 is 0 Å². The highest BCUT2D eigenvalue weighted by Gasteiger charge is 2.17. The summed E-state index contributed by atoms with van der Waals surface area (Å²) < 4.78 is 0. The molecule has 1 nitrogen and oxygen atoms in total. The van der Waals surface area contributed by atoms with Crippen LogP contribution in [0.5, 0.6) is 0 Å². The first-order valence-electron chi connectivity index (χ1n) is 9.54. The molecule has 0 aromatic heterocycles. The third-order valence-electron chi connectivity index (χ3n) is 5.79. The largest absolute Gasteiger partial charge is 0.362 e. The van der Waals surface area contributed by atoms with E-state index in [9.17, 15) is 0 Å². The number of allylic oxidation sites excluding steroid dienone is 2. The molecule has 0 amide bonds. The standard InChI is InChI=1S/C26H19N/c1-5-17-6-2-10-20-14-23(13-19(9-1)25(17)20)27-24-15-21-11-3-7-18-8-4-12-22(16-24)26(18)21/h1-13,15,27H,14,16H2. The van der Waals surface area contributed by atoms with Crippen LogP contribution < -0.4 is 5.32 Å². The van der Waals surface area contributed by atoms with Crippen LogP contribution in [0.1, 0.15) is 22.3 Å². The summed E-state index contributed by atoms with van der Waals surface area (Å²) in [4.78, 5) is 0. The van der Waals surface area contributed by atoms with Gasteiger partial charge in [0.05, 0.1) is 0 Å². The second-order valence-corrected chi connectivity index (χ2v) is 7.54. The number of hydrogen-bond acceptors (Lipinski definition) is 1. The fraction of sp³-hybridized carbons (Fsp3) is 0.0769. The minimum Gasteiger partial charge on any atom is -0.362 e. The molecule has 1 heteroatoms. The molecule has 0 spiro atoms. The van der Waals surface area contributed by atoms with Crippen LogP contribution in [0.2, 0.25) is 0 Å². The van der Waals surface area contributed by atoms with Gasteiger partial charge in [-0.25, -0.2) is 0 Å². The molecule has 1 N–H and O–H groups in total. The molecule has 0 heterocycles. The lowest BCUT2D eigenvalue weighted by Crippen LogP contribution is -2.19. The summed E-state index contributed by atoms with van der Waals surface area (Å²) in [5, 5.41) is 9.21. The molecule has 6 rings (SSSR count). The van der Waals surface area contributed by atoms with Crippen molar-refractivity contribution < 1.29 is 0 Å². The van der Waals surface area contributed by atoms with E-state index in [0.29, 0.717) is 0 Å². The van der Waals surface area contributed by atoms with Gasteiger partial charge in [0.15, 0.2) is 0 Å². The highest BCUT2D eigenvalue weighted by atomic mass is 14.9. The van der Waals surface area contributed by atoms with Crippen LogP contribution in [0.4, 0.5) is 0 Å². The average molecular weight is 345 g/mol. The van der Waals surface area contributed by atoms with Crippen molar-refractivity contribution >= 4 is 33.7 Å². The van der Waals surface area contributed by atoms with Crippen LogP contribution in [0.15, 0.2) is 84.2 Å². The molecule has 0 radical (unpaired) electrons. The number of rotatable bonds is 2. The topological polar surface area (TPSA) is 12.0 Å². The van der Waals surface area contributed by atoms with Crippen LogP contribution in [0.3, 0.4) is 0 Å². The second-order valence-electron chi connectivity index (χ2n) is 7.54. The molecule has 0 unspecified atom stereocenters. The molecule has 0 aliphatic heterocycles. The first-order valence-corrected chi connectivity index (χ1v) is 9.54. The monoisotopic (exact) mass is 345 g/mol. The first-order chi connectivity index (χ1) is 13.3. The maximum Gasteiger partial charge on any atom is 0.0199 e. The molecular weight excluding hydrogens is 326 g/mol. The van der Waals surface area contributed by atoms with E-state index in [1.807, 2.05) is 0 Å². The molecule has 0 saturated carbocycles. The normalized spacial score (nSPS) is 14.8. The van der Waals surface area contributed by atoms with Crippen molar-refractivity contribution in [1.29, 1.82) is 0 Å². The number of hydrogen-bond donors (Lipinski definition) is 1. The Kier molecular flexibility index (Phi) is 3.06. The zero-order valence-electron chi connectivity index (χ0n) is 15.0. The van der Waals surface area contributed by atoms with Crippen LogP contribution in [-0.2, 0) is 12.8 Å². The molecule has 0 atom stereocenters. The molecular formula is C26H19N. The van der Waals surface area contributed by atoms with Gasteiger partial charge in [-0.2, -0.15) is 0 Å². The Balaban J connectivity index is 1.41. The fourth-order valence-corrected chi connectivity index (χ4v) is 4.69. The van der Waals surface area contributed by atoms with Gasteiger partial charge >= 0.3 is 0 Å². The van der Waals surface area contributed by atoms with Crippen molar-refractivity contribution in [3.8, 4) is 0 Å². The maximum atomic E-state index is 3.75. The third kappa shape index (κ3) is 2.32. The Labute approximate surface area is 158 Å². The summed E-state index contributed by atoms with van der Waals surface area (Å²) in [5.41, 5.74) is 8.00. The van der Waals surface area contributed by atoms with Crippen LogP contribution in [0.25, 0.3) is 33.7 Å². The van der Waals surface area contributed by atoms with Gasteiger partial charge in [0, 0.05) is 24.2 Å². The van der Waals surface area contributed by atoms with Crippen molar-refractivity contribution in [2.45, 2.75) is 12.8 Å². The van der Waals surface area contributed by atoms with Crippen LogP contribution in [-0.4, -0.2) is 0 Å². The molecule has 0 fully saturated rings. The van der Waals surface area contributed by atoms with Gasteiger partial charge in [-0.1, -0.05) is 72.8 Å². The van der Waals surface area contributed by atoms with E-state index in [1.165, 1.54) is 55.2 Å². The summed E-state index contributed by atoms with van der Waals surface area (Å²) in [6.07, 6.45) is 6.55. The highest BCUT2D eigenvalue weighted by molar-refractivity contribution is 5.97. The fourth-order valence-electron chi connectivity index (χ4n) is 4.69. The van der Waals surface area contributed by atoms with Crippen molar-refractivity contribution in [3.05, 3.63) is 106 Å². The maximum absolute atomic E-state index is 3.75. The quantitative estimate of drug-likeness (QED) is 0.464. The summed E-state index contributed by atoms with van der Waals surface area (Å²) in [6.45, 7) is 0. The predicted octanol–water partition coefficient (Wildman–Crippen LogP) is 6.08.